The minimum atomic E-state index is -1.56. The Bertz CT molecular complexity index is 691. The van der Waals surface area contributed by atoms with Crippen molar-refractivity contribution in [2.75, 3.05) is 21.3 Å². The van der Waals surface area contributed by atoms with Gasteiger partial charge in [-0.05, 0) is 19.1 Å². The summed E-state index contributed by atoms with van der Waals surface area (Å²) in [5, 5.41) is 3.01. The minimum Gasteiger partial charge on any atom is -0.311 e. The number of hydrogen-bond acceptors (Lipinski definition) is 5. The number of hydrogen-bond donors (Lipinski definition) is 1. The number of aliphatic imine (C=N–C) groups is 1. The van der Waals surface area contributed by atoms with Crippen LogP contribution >= 0.6 is 0 Å². The Balaban J connectivity index is 2.42. The fourth-order valence-electron chi connectivity index (χ4n) is 2.02. The van der Waals surface area contributed by atoms with Gasteiger partial charge in [-0.1, -0.05) is 18.2 Å². The van der Waals surface area contributed by atoms with Gasteiger partial charge in [0.2, 0.25) is 0 Å². The number of H-pyrrole nitrogens is 1. The molecular weight excluding hydrogens is 286 g/mol. The molecule has 0 radical (unpaired) electrons. The van der Waals surface area contributed by atoms with Crippen molar-refractivity contribution in [1.29, 1.82) is 0 Å². The smallest absolute Gasteiger partial charge is 0.311 e. The highest BCUT2D eigenvalue weighted by Gasteiger charge is 2.28. The summed E-state index contributed by atoms with van der Waals surface area (Å²) in [5.41, 5.74) is 1.60. The maximum atomic E-state index is 12.5. The van der Waals surface area contributed by atoms with E-state index in [1.165, 1.54) is 32.2 Å². The molecule has 0 saturated heterocycles. The lowest BCUT2D eigenvalue weighted by molar-refractivity contribution is -0.346. The zero-order chi connectivity index (χ0) is 16.2. The van der Waals surface area contributed by atoms with Crippen molar-refractivity contribution in [2.24, 2.45) is 4.99 Å². The lowest BCUT2D eigenvalue weighted by Gasteiger charge is -2.22. The summed E-state index contributed by atoms with van der Waals surface area (Å²) < 4.78 is 16.7. The van der Waals surface area contributed by atoms with Crippen molar-refractivity contribution < 1.29 is 14.2 Å². The highest BCUT2D eigenvalue weighted by Crippen LogP contribution is 2.14. The number of rotatable bonds is 6. The predicted molar refractivity (Wildman–Crippen MR) is 82.5 cm³/mol. The Morgan fingerprint density at radius 2 is 1.73 bits per heavy atom. The second-order valence-electron chi connectivity index (χ2n) is 4.52. The van der Waals surface area contributed by atoms with Crippen LogP contribution < -0.4 is 5.56 Å². The van der Waals surface area contributed by atoms with Crippen LogP contribution in [0.15, 0.2) is 40.1 Å². The van der Waals surface area contributed by atoms with Gasteiger partial charge >= 0.3 is 6.10 Å². The molecule has 0 spiro atoms. The Morgan fingerprint density at radius 1 is 1.14 bits per heavy atom. The summed E-state index contributed by atoms with van der Waals surface area (Å²) in [6.45, 7) is 1.79. The first-order valence-electron chi connectivity index (χ1n) is 6.64. The van der Waals surface area contributed by atoms with Gasteiger partial charge in [-0.15, -0.1) is 0 Å². The molecule has 0 bridgehead atoms. The van der Waals surface area contributed by atoms with Crippen LogP contribution in [0.25, 0.3) is 5.69 Å². The maximum Gasteiger partial charge on any atom is 0.394 e. The molecule has 1 aromatic heterocycles. The SMILES string of the molecule is COC(N=Cc1c(C)[nH]n(-c2ccccc2)c1=O)(OC)OC. The number of nitrogens with one attached hydrogen (secondary N) is 1. The van der Waals surface area contributed by atoms with Crippen LogP contribution in [0.3, 0.4) is 0 Å². The molecular formula is C15H19N3O4. The fourth-order valence-corrected chi connectivity index (χ4v) is 2.02. The van der Waals surface area contributed by atoms with E-state index in [1.54, 1.807) is 6.92 Å². The molecule has 0 aliphatic heterocycles. The van der Waals surface area contributed by atoms with Crippen molar-refractivity contribution in [3.8, 4) is 5.69 Å². The van der Waals surface area contributed by atoms with Gasteiger partial charge in [0.05, 0.1) is 11.3 Å². The topological polar surface area (TPSA) is 77.8 Å². The van der Waals surface area contributed by atoms with E-state index in [0.717, 1.165) is 5.69 Å². The van der Waals surface area contributed by atoms with Gasteiger partial charge in [0, 0.05) is 33.2 Å². The summed E-state index contributed by atoms with van der Waals surface area (Å²) in [6, 6.07) is 9.27. The van der Waals surface area contributed by atoms with Crippen LogP contribution in [0.1, 0.15) is 11.3 Å². The molecule has 2 aromatic rings. The zero-order valence-electron chi connectivity index (χ0n) is 13.0. The molecule has 7 nitrogen and oxygen atoms in total. The van der Waals surface area contributed by atoms with E-state index < -0.39 is 6.10 Å². The summed E-state index contributed by atoms with van der Waals surface area (Å²) in [4.78, 5) is 16.6. The van der Waals surface area contributed by atoms with Crippen LogP contribution in [0.2, 0.25) is 0 Å². The first-order valence-corrected chi connectivity index (χ1v) is 6.64. The molecule has 0 amide bonds. The van der Waals surface area contributed by atoms with Gasteiger partial charge in [-0.3, -0.25) is 9.89 Å². The van der Waals surface area contributed by atoms with Crippen molar-refractivity contribution in [1.82, 2.24) is 9.78 Å². The summed E-state index contributed by atoms with van der Waals surface area (Å²) in [6.07, 6.45) is -0.183. The van der Waals surface area contributed by atoms with Crippen molar-refractivity contribution >= 4 is 6.21 Å². The van der Waals surface area contributed by atoms with Crippen molar-refractivity contribution in [3.63, 3.8) is 0 Å². The van der Waals surface area contributed by atoms with Crippen LogP contribution in [-0.2, 0) is 14.2 Å². The third-order valence-electron chi connectivity index (χ3n) is 3.26. The van der Waals surface area contributed by atoms with Crippen LogP contribution in [-0.4, -0.2) is 43.4 Å². The minimum absolute atomic E-state index is 0.218. The van der Waals surface area contributed by atoms with E-state index in [2.05, 4.69) is 10.1 Å². The Morgan fingerprint density at radius 3 is 2.27 bits per heavy atom. The average molecular weight is 305 g/mol. The monoisotopic (exact) mass is 305 g/mol. The van der Waals surface area contributed by atoms with E-state index >= 15 is 0 Å². The lowest BCUT2D eigenvalue weighted by Crippen LogP contribution is -2.34. The quantitative estimate of drug-likeness (QED) is 0.647. The Hall–Kier alpha value is -2.22. The second-order valence-corrected chi connectivity index (χ2v) is 4.52. The molecule has 1 N–H and O–H groups in total. The molecule has 1 aromatic carbocycles. The number of aryl methyl sites for hydroxylation is 1. The predicted octanol–water partition coefficient (Wildman–Crippen LogP) is 1.44. The number of aromatic nitrogens is 2. The lowest BCUT2D eigenvalue weighted by atomic mass is 10.3. The van der Waals surface area contributed by atoms with E-state index in [0.29, 0.717) is 11.3 Å². The molecule has 0 aliphatic carbocycles. The average Bonchev–Trinajstić information content (AvgIpc) is 2.85. The van der Waals surface area contributed by atoms with Gasteiger partial charge in [-0.25, -0.2) is 9.67 Å². The highest BCUT2D eigenvalue weighted by atomic mass is 16.9. The number of para-hydroxylation sites is 1. The third-order valence-corrected chi connectivity index (χ3v) is 3.26. The summed E-state index contributed by atoms with van der Waals surface area (Å²) in [5.74, 6) is 0. The van der Waals surface area contributed by atoms with Crippen molar-refractivity contribution in [3.05, 3.63) is 51.9 Å². The third kappa shape index (κ3) is 3.01. The summed E-state index contributed by atoms with van der Waals surface area (Å²) in [7, 11) is 4.20. The number of methoxy groups -OCH3 is 3. The van der Waals surface area contributed by atoms with Crippen molar-refractivity contribution in [2.45, 2.75) is 13.0 Å². The molecule has 0 saturated carbocycles. The molecule has 22 heavy (non-hydrogen) atoms. The first-order chi connectivity index (χ1) is 10.6. The fraction of sp³-hybridized carbons (Fsp3) is 0.333. The highest BCUT2D eigenvalue weighted by molar-refractivity contribution is 5.80. The van der Waals surface area contributed by atoms with Crippen LogP contribution in [0.5, 0.6) is 0 Å². The number of aromatic amines is 1. The molecule has 0 aliphatic rings. The molecule has 2 rings (SSSR count). The first kappa shape index (κ1) is 16.2. The number of ether oxygens (including phenoxy) is 3. The normalized spacial score (nSPS) is 12.2. The molecule has 0 fully saturated rings. The summed E-state index contributed by atoms with van der Waals surface area (Å²) >= 11 is 0. The largest absolute Gasteiger partial charge is 0.394 e. The molecule has 0 unspecified atom stereocenters. The zero-order valence-corrected chi connectivity index (χ0v) is 13.0. The van der Waals surface area contributed by atoms with Gasteiger partial charge in [0.15, 0.2) is 0 Å². The van der Waals surface area contributed by atoms with Gasteiger partial charge in [-0.2, -0.15) is 0 Å². The maximum absolute atomic E-state index is 12.5. The second kappa shape index (κ2) is 6.69. The van der Waals surface area contributed by atoms with Crippen LogP contribution in [0, 0.1) is 6.92 Å². The van der Waals surface area contributed by atoms with E-state index in [-0.39, 0.29) is 5.56 Å². The van der Waals surface area contributed by atoms with E-state index in [1.807, 2.05) is 30.3 Å². The van der Waals surface area contributed by atoms with Gasteiger partial charge in [0.25, 0.3) is 5.56 Å². The Labute approximate surface area is 128 Å². The standard InChI is InChI=1S/C15H19N3O4/c1-11-13(10-16-15(20-2,21-3)22-4)14(19)18(17-11)12-8-6-5-7-9-12/h5-10,17H,1-4H3. The van der Waals surface area contributed by atoms with Gasteiger partial charge < -0.3 is 14.2 Å². The molecule has 118 valence electrons. The number of benzene rings is 1. The van der Waals surface area contributed by atoms with Crippen LogP contribution in [0.4, 0.5) is 0 Å². The molecule has 1 heterocycles. The molecule has 7 heteroatoms. The Kier molecular flexibility index (Phi) is 4.92. The van der Waals surface area contributed by atoms with E-state index in [4.69, 9.17) is 14.2 Å². The van der Waals surface area contributed by atoms with Gasteiger partial charge in [0.1, 0.15) is 0 Å². The van der Waals surface area contributed by atoms with E-state index in [9.17, 15) is 4.79 Å². The number of nitrogens with zero attached hydrogens (tertiary/aromatic N) is 2. The molecule has 0 atom stereocenters.